The van der Waals surface area contributed by atoms with Gasteiger partial charge in [-0.2, -0.15) is 0 Å². The Morgan fingerprint density at radius 2 is 1.90 bits per heavy atom. The van der Waals surface area contributed by atoms with E-state index in [0.717, 1.165) is 5.56 Å². The summed E-state index contributed by atoms with van der Waals surface area (Å²) in [4.78, 5) is 23.7. The van der Waals surface area contributed by atoms with Gasteiger partial charge in [-0.15, -0.1) is 0 Å². The fraction of sp³-hybridized carbons (Fsp3) is 0.467. The smallest absolute Gasteiger partial charge is 0.328 e. The van der Waals surface area contributed by atoms with Crippen LogP contribution in [0.4, 0.5) is 0 Å². The maximum absolute atomic E-state index is 12.1. The van der Waals surface area contributed by atoms with Gasteiger partial charge >= 0.3 is 5.97 Å². The average Bonchev–Trinajstić information content (AvgIpc) is 3.25. The highest BCUT2D eigenvalue weighted by atomic mass is 16.6. The van der Waals surface area contributed by atoms with Gasteiger partial charge in [0.25, 0.3) is 5.91 Å². The van der Waals surface area contributed by atoms with Gasteiger partial charge in [-0.1, -0.05) is 44.2 Å². The van der Waals surface area contributed by atoms with E-state index in [1.165, 1.54) is 7.11 Å². The first-order valence-corrected chi connectivity index (χ1v) is 6.63. The maximum atomic E-state index is 12.1. The maximum Gasteiger partial charge on any atom is 0.328 e. The lowest BCUT2D eigenvalue weighted by molar-refractivity contribution is -0.146. The van der Waals surface area contributed by atoms with Crippen LogP contribution in [0.1, 0.15) is 25.5 Å². The molecule has 0 bridgehead atoms. The lowest BCUT2D eigenvalue weighted by Gasteiger charge is -2.19. The number of carbonyl (C=O) groups is 2. The van der Waals surface area contributed by atoms with Crippen LogP contribution in [0.3, 0.4) is 0 Å². The molecule has 1 heterocycles. The van der Waals surface area contributed by atoms with E-state index in [-0.39, 0.29) is 17.9 Å². The number of benzene rings is 1. The molecule has 1 saturated heterocycles. The molecular weight excluding hydrogens is 258 g/mol. The Labute approximate surface area is 118 Å². The highest BCUT2D eigenvalue weighted by Gasteiger charge is 2.47. The van der Waals surface area contributed by atoms with Gasteiger partial charge in [-0.25, -0.2) is 4.79 Å². The number of rotatable bonds is 5. The Morgan fingerprint density at radius 1 is 1.25 bits per heavy atom. The molecule has 1 amide bonds. The Balaban J connectivity index is 1.95. The van der Waals surface area contributed by atoms with Crippen molar-refractivity contribution in [1.29, 1.82) is 0 Å². The molecular formula is C15H19NO4. The van der Waals surface area contributed by atoms with Crippen molar-refractivity contribution in [2.75, 3.05) is 7.11 Å². The first-order valence-electron chi connectivity index (χ1n) is 6.63. The molecule has 1 N–H and O–H groups in total. The molecule has 0 radical (unpaired) electrons. The van der Waals surface area contributed by atoms with Crippen molar-refractivity contribution in [3.63, 3.8) is 0 Å². The van der Waals surface area contributed by atoms with Gasteiger partial charge in [0.2, 0.25) is 0 Å². The molecule has 3 atom stereocenters. The van der Waals surface area contributed by atoms with Crippen molar-refractivity contribution in [2.45, 2.75) is 32.1 Å². The number of epoxide rings is 1. The number of hydrogen-bond donors (Lipinski definition) is 1. The molecule has 0 aromatic heterocycles. The second-order valence-electron chi connectivity index (χ2n) is 5.14. The SMILES string of the molecule is COC(=O)[C@@H](NC(=O)C1OC1c1ccccc1)C(C)C. The third-order valence-corrected chi connectivity index (χ3v) is 3.30. The third kappa shape index (κ3) is 3.17. The molecule has 1 fully saturated rings. The van der Waals surface area contributed by atoms with Crippen molar-refractivity contribution >= 4 is 11.9 Å². The molecule has 2 unspecified atom stereocenters. The lowest BCUT2D eigenvalue weighted by Crippen LogP contribution is -2.46. The van der Waals surface area contributed by atoms with E-state index in [1.807, 2.05) is 44.2 Å². The summed E-state index contributed by atoms with van der Waals surface area (Å²) in [6.07, 6.45) is -0.745. The summed E-state index contributed by atoms with van der Waals surface area (Å²) in [7, 11) is 1.31. The number of ether oxygens (including phenoxy) is 2. The predicted octanol–water partition coefficient (Wildman–Crippen LogP) is 1.44. The number of hydrogen-bond acceptors (Lipinski definition) is 4. The molecule has 1 aliphatic rings. The number of methoxy groups -OCH3 is 1. The summed E-state index contributed by atoms with van der Waals surface area (Å²) in [6.45, 7) is 3.70. The number of esters is 1. The van der Waals surface area contributed by atoms with Crippen LogP contribution in [-0.2, 0) is 19.1 Å². The van der Waals surface area contributed by atoms with Crippen molar-refractivity contribution in [3.05, 3.63) is 35.9 Å². The number of amides is 1. The molecule has 1 aromatic rings. The van der Waals surface area contributed by atoms with Crippen LogP contribution in [0.2, 0.25) is 0 Å². The quantitative estimate of drug-likeness (QED) is 0.653. The van der Waals surface area contributed by atoms with Gasteiger partial charge in [-0.3, -0.25) is 4.79 Å². The van der Waals surface area contributed by atoms with Gasteiger partial charge in [-0.05, 0) is 11.5 Å². The van der Waals surface area contributed by atoms with Crippen LogP contribution in [0.15, 0.2) is 30.3 Å². The van der Waals surface area contributed by atoms with Crippen LogP contribution >= 0.6 is 0 Å². The van der Waals surface area contributed by atoms with Crippen LogP contribution in [0.25, 0.3) is 0 Å². The second-order valence-corrected chi connectivity index (χ2v) is 5.14. The minimum absolute atomic E-state index is 0.0414. The standard InChI is InChI=1S/C15H19NO4/c1-9(2)11(15(18)19-3)16-14(17)13-12(20-13)10-7-5-4-6-8-10/h4-9,11-13H,1-3H3,(H,16,17)/t11-,12?,13?/m0/s1. The Morgan fingerprint density at radius 3 is 2.45 bits per heavy atom. The van der Waals surface area contributed by atoms with Gasteiger partial charge in [0.1, 0.15) is 12.1 Å². The van der Waals surface area contributed by atoms with Gasteiger partial charge in [0.15, 0.2) is 6.10 Å². The van der Waals surface area contributed by atoms with Crippen molar-refractivity contribution in [3.8, 4) is 0 Å². The first-order chi connectivity index (χ1) is 9.54. The Kier molecular flexibility index (Phi) is 4.39. The summed E-state index contributed by atoms with van der Waals surface area (Å²) < 4.78 is 10.1. The summed E-state index contributed by atoms with van der Waals surface area (Å²) in [5.74, 6) is -0.756. The molecule has 2 rings (SSSR count). The van der Waals surface area contributed by atoms with Crippen LogP contribution in [0.5, 0.6) is 0 Å². The second kappa shape index (κ2) is 6.05. The van der Waals surface area contributed by atoms with E-state index in [4.69, 9.17) is 9.47 Å². The monoisotopic (exact) mass is 277 g/mol. The van der Waals surface area contributed by atoms with Crippen LogP contribution in [0, 0.1) is 5.92 Å². The van der Waals surface area contributed by atoms with E-state index >= 15 is 0 Å². The largest absolute Gasteiger partial charge is 0.467 e. The summed E-state index contributed by atoms with van der Waals surface area (Å²) >= 11 is 0. The van der Waals surface area contributed by atoms with Gasteiger partial charge in [0.05, 0.1) is 7.11 Å². The minimum atomic E-state index is -0.645. The van der Waals surface area contributed by atoms with Crippen LogP contribution in [-0.4, -0.2) is 31.1 Å². The zero-order valence-electron chi connectivity index (χ0n) is 11.8. The zero-order valence-corrected chi connectivity index (χ0v) is 11.8. The van der Waals surface area contributed by atoms with Crippen molar-refractivity contribution in [2.24, 2.45) is 5.92 Å². The summed E-state index contributed by atoms with van der Waals surface area (Å²) in [6, 6.07) is 8.89. The summed E-state index contributed by atoms with van der Waals surface area (Å²) in [5.41, 5.74) is 0.965. The highest BCUT2D eigenvalue weighted by molar-refractivity contribution is 5.89. The summed E-state index contributed by atoms with van der Waals surface area (Å²) in [5, 5.41) is 2.69. The number of carbonyl (C=O) groups excluding carboxylic acids is 2. The fourth-order valence-electron chi connectivity index (χ4n) is 2.07. The Hall–Kier alpha value is -1.88. The van der Waals surface area contributed by atoms with E-state index in [1.54, 1.807) is 0 Å². The minimum Gasteiger partial charge on any atom is -0.467 e. The van der Waals surface area contributed by atoms with E-state index in [9.17, 15) is 9.59 Å². The van der Waals surface area contributed by atoms with Crippen molar-refractivity contribution < 1.29 is 19.1 Å². The Bertz CT molecular complexity index is 486. The fourth-order valence-corrected chi connectivity index (χ4v) is 2.07. The molecule has 108 valence electrons. The lowest BCUT2D eigenvalue weighted by atomic mass is 10.0. The number of nitrogens with one attached hydrogen (secondary N) is 1. The normalized spacial score (nSPS) is 22.2. The van der Waals surface area contributed by atoms with Gasteiger partial charge in [0, 0.05) is 0 Å². The average molecular weight is 277 g/mol. The van der Waals surface area contributed by atoms with Crippen molar-refractivity contribution in [1.82, 2.24) is 5.32 Å². The zero-order chi connectivity index (χ0) is 14.7. The third-order valence-electron chi connectivity index (χ3n) is 3.30. The first kappa shape index (κ1) is 14.5. The topological polar surface area (TPSA) is 67.9 Å². The molecule has 0 spiro atoms. The molecule has 0 aliphatic carbocycles. The van der Waals surface area contributed by atoms with E-state index in [2.05, 4.69) is 5.32 Å². The molecule has 5 nitrogen and oxygen atoms in total. The molecule has 1 aliphatic heterocycles. The van der Waals surface area contributed by atoms with Crippen LogP contribution < -0.4 is 5.32 Å². The van der Waals surface area contributed by atoms with E-state index in [0.29, 0.717) is 0 Å². The molecule has 20 heavy (non-hydrogen) atoms. The van der Waals surface area contributed by atoms with Gasteiger partial charge < -0.3 is 14.8 Å². The predicted molar refractivity (Wildman–Crippen MR) is 72.8 cm³/mol. The van der Waals surface area contributed by atoms with E-state index < -0.39 is 18.1 Å². The molecule has 5 heteroatoms. The highest BCUT2D eigenvalue weighted by Crippen LogP contribution is 2.38. The molecule has 1 aromatic carbocycles. The molecule has 0 saturated carbocycles.